The van der Waals surface area contributed by atoms with Crippen molar-refractivity contribution in [3.05, 3.63) is 66.0 Å². The number of hydrogen-bond donors (Lipinski definition) is 2. The lowest BCUT2D eigenvalue weighted by molar-refractivity contribution is -0.311. The molecule has 1 aromatic carbocycles. The molecule has 9 atom stereocenters. The van der Waals surface area contributed by atoms with Gasteiger partial charge in [0.2, 0.25) is 0 Å². The van der Waals surface area contributed by atoms with Gasteiger partial charge < -0.3 is 29.2 Å². The second-order valence-electron chi connectivity index (χ2n) is 11.8. The maximum Gasteiger partial charge on any atom is 0.340 e. The van der Waals surface area contributed by atoms with Crippen LogP contribution in [-0.4, -0.2) is 74.8 Å². The van der Waals surface area contributed by atoms with E-state index in [1.165, 1.54) is 25.4 Å². The second kappa shape index (κ2) is 9.94. The van der Waals surface area contributed by atoms with Gasteiger partial charge in [-0.05, 0) is 50.5 Å². The normalized spacial score (nSPS) is 37.6. The Morgan fingerprint density at radius 1 is 0.925 bits per heavy atom. The minimum absolute atomic E-state index is 0.150. The van der Waals surface area contributed by atoms with Crippen LogP contribution in [0.25, 0.3) is 0 Å². The van der Waals surface area contributed by atoms with Crippen LogP contribution < -0.4 is 0 Å². The number of aliphatic hydroxyl groups is 2. The lowest BCUT2D eigenvalue weighted by Crippen LogP contribution is -2.78. The summed E-state index contributed by atoms with van der Waals surface area (Å²) < 4.78 is 25.0. The highest BCUT2D eigenvalue weighted by molar-refractivity contribution is 5.90. The van der Waals surface area contributed by atoms with Crippen molar-refractivity contribution in [1.29, 1.82) is 0 Å². The van der Waals surface area contributed by atoms with Crippen LogP contribution in [0, 0.1) is 17.3 Å². The maximum absolute atomic E-state index is 13.5. The summed E-state index contributed by atoms with van der Waals surface area (Å²) in [7, 11) is 0. The van der Waals surface area contributed by atoms with Crippen LogP contribution in [0.1, 0.15) is 61.8 Å². The fourth-order valence-electron chi connectivity index (χ4n) is 7.40. The molecule has 40 heavy (non-hydrogen) atoms. The Kier molecular flexibility index (Phi) is 7.00. The van der Waals surface area contributed by atoms with Crippen molar-refractivity contribution in [2.75, 3.05) is 0 Å². The Labute approximate surface area is 232 Å². The molecule has 10 nitrogen and oxygen atoms in total. The van der Waals surface area contributed by atoms with E-state index in [-0.39, 0.29) is 17.5 Å². The van der Waals surface area contributed by atoms with E-state index in [1.807, 2.05) is 6.92 Å². The molecule has 3 aliphatic rings. The number of pyridine rings is 1. The SMILES string of the molecule is CC(=O)OC1C2C(OC(=O)c3cccnc3)C(OC(=O)c3ccccc3)C3(C)C(O)C(O)CC(C)C13OC2(C)C. The number of fused-ring (bicyclic) bond motifs is 1. The van der Waals surface area contributed by atoms with E-state index in [0.717, 1.165) is 0 Å². The number of carbonyl (C=O) groups excluding carboxylic acids is 3. The molecule has 0 radical (unpaired) electrons. The largest absolute Gasteiger partial charge is 0.459 e. The summed E-state index contributed by atoms with van der Waals surface area (Å²) >= 11 is 0. The summed E-state index contributed by atoms with van der Waals surface area (Å²) in [4.78, 5) is 43.4. The Hall–Kier alpha value is -3.34. The molecule has 0 amide bonds. The molecule has 2 aliphatic carbocycles. The van der Waals surface area contributed by atoms with E-state index in [0.29, 0.717) is 0 Å². The van der Waals surface area contributed by atoms with Gasteiger partial charge in [0.1, 0.15) is 17.8 Å². The van der Waals surface area contributed by atoms with Gasteiger partial charge in [-0.2, -0.15) is 0 Å². The molecule has 214 valence electrons. The van der Waals surface area contributed by atoms with Crippen molar-refractivity contribution >= 4 is 17.9 Å². The Balaban J connectivity index is 1.71. The standard InChI is InChI=1S/C30H35NO9/c1-16-14-20(33)23(34)29(5)25(39-26(35)18-10-7-6-8-11-18)22(38-27(36)19-12-9-13-31-15-19)21-24(37-17(2)32)30(16,29)40-28(21,3)4/h6-13,15-16,20-25,33-34H,14H2,1-5H3. The van der Waals surface area contributed by atoms with E-state index in [1.54, 1.807) is 57.2 Å². The first-order chi connectivity index (χ1) is 18.8. The van der Waals surface area contributed by atoms with Gasteiger partial charge in [0.25, 0.3) is 0 Å². The number of aromatic nitrogens is 1. The van der Waals surface area contributed by atoms with Gasteiger partial charge in [-0.3, -0.25) is 9.78 Å². The zero-order valence-corrected chi connectivity index (χ0v) is 23.1. The number of benzene rings is 1. The molecular formula is C30H35NO9. The van der Waals surface area contributed by atoms with Crippen LogP contribution in [-0.2, 0) is 23.7 Å². The molecule has 1 spiro atoms. The summed E-state index contributed by atoms with van der Waals surface area (Å²) in [6.45, 7) is 8.34. The van der Waals surface area contributed by atoms with Crippen LogP contribution in [0.3, 0.4) is 0 Å². The van der Waals surface area contributed by atoms with E-state index in [2.05, 4.69) is 4.98 Å². The van der Waals surface area contributed by atoms with Crippen molar-refractivity contribution < 1.29 is 43.5 Å². The number of esters is 3. The highest BCUT2D eigenvalue weighted by atomic mass is 16.6. The zero-order valence-electron chi connectivity index (χ0n) is 23.1. The third kappa shape index (κ3) is 4.12. The summed E-state index contributed by atoms with van der Waals surface area (Å²) in [5, 5.41) is 22.7. The molecule has 5 rings (SSSR count). The number of nitrogens with zero attached hydrogens (tertiary/aromatic N) is 1. The summed E-state index contributed by atoms with van der Waals surface area (Å²) in [5.41, 5.74) is -3.60. The van der Waals surface area contributed by atoms with E-state index < -0.39 is 76.9 Å². The van der Waals surface area contributed by atoms with Crippen molar-refractivity contribution in [2.45, 2.75) is 82.8 Å². The van der Waals surface area contributed by atoms with E-state index in [4.69, 9.17) is 18.9 Å². The van der Waals surface area contributed by atoms with Crippen molar-refractivity contribution in [2.24, 2.45) is 17.3 Å². The lowest BCUT2D eigenvalue weighted by atomic mass is 9.47. The molecule has 2 heterocycles. The topological polar surface area (TPSA) is 141 Å². The predicted octanol–water partition coefficient (Wildman–Crippen LogP) is 2.71. The van der Waals surface area contributed by atoms with Crippen molar-refractivity contribution in [3.63, 3.8) is 0 Å². The van der Waals surface area contributed by atoms with Crippen LogP contribution >= 0.6 is 0 Å². The zero-order chi connectivity index (χ0) is 29.0. The summed E-state index contributed by atoms with van der Waals surface area (Å²) in [5.74, 6) is -3.26. The fraction of sp³-hybridized carbons (Fsp3) is 0.533. The van der Waals surface area contributed by atoms with Gasteiger partial charge in [0.15, 0.2) is 6.10 Å². The van der Waals surface area contributed by atoms with Crippen LogP contribution in [0.5, 0.6) is 0 Å². The smallest absolute Gasteiger partial charge is 0.340 e. The van der Waals surface area contributed by atoms with E-state index >= 15 is 0 Å². The van der Waals surface area contributed by atoms with Crippen LogP contribution in [0.15, 0.2) is 54.9 Å². The molecule has 2 bridgehead atoms. The highest BCUT2D eigenvalue weighted by Gasteiger charge is 2.82. The fourth-order valence-corrected chi connectivity index (χ4v) is 7.40. The minimum Gasteiger partial charge on any atom is -0.459 e. The predicted molar refractivity (Wildman–Crippen MR) is 140 cm³/mol. The molecule has 3 fully saturated rings. The molecular weight excluding hydrogens is 518 g/mol. The lowest BCUT2D eigenvalue weighted by Gasteiger charge is -2.63. The van der Waals surface area contributed by atoms with Crippen LogP contribution in [0.4, 0.5) is 0 Å². The monoisotopic (exact) mass is 553 g/mol. The quantitative estimate of drug-likeness (QED) is 0.419. The molecule has 2 saturated carbocycles. The second-order valence-corrected chi connectivity index (χ2v) is 11.8. The first kappa shape index (κ1) is 28.2. The maximum atomic E-state index is 13.5. The van der Waals surface area contributed by atoms with Gasteiger partial charge in [-0.25, -0.2) is 9.59 Å². The molecule has 2 N–H and O–H groups in total. The molecule has 10 heteroatoms. The summed E-state index contributed by atoms with van der Waals surface area (Å²) in [6, 6.07) is 11.4. The molecule has 2 aromatic rings. The Bertz CT molecular complexity index is 1280. The summed E-state index contributed by atoms with van der Waals surface area (Å²) in [6.07, 6.45) is -3.17. The Morgan fingerprint density at radius 2 is 1.57 bits per heavy atom. The van der Waals surface area contributed by atoms with Crippen molar-refractivity contribution in [1.82, 2.24) is 4.98 Å². The first-order valence-electron chi connectivity index (χ1n) is 13.4. The number of rotatable bonds is 5. The third-order valence-corrected chi connectivity index (χ3v) is 9.05. The van der Waals surface area contributed by atoms with Crippen LogP contribution in [0.2, 0.25) is 0 Å². The van der Waals surface area contributed by atoms with Crippen molar-refractivity contribution in [3.8, 4) is 0 Å². The Morgan fingerprint density at radius 3 is 2.20 bits per heavy atom. The van der Waals surface area contributed by atoms with Gasteiger partial charge in [-0.15, -0.1) is 0 Å². The van der Waals surface area contributed by atoms with Gasteiger partial charge in [0, 0.05) is 19.3 Å². The van der Waals surface area contributed by atoms with Gasteiger partial charge in [-0.1, -0.05) is 32.0 Å². The average molecular weight is 554 g/mol. The number of ether oxygens (including phenoxy) is 4. The molecule has 1 saturated heterocycles. The third-order valence-electron chi connectivity index (χ3n) is 9.05. The average Bonchev–Trinajstić information content (AvgIpc) is 3.12. The molecule has 9 unspecified atom stereocenters. The number of carbonyl (C=O) groups is 3. The minimum atomic E-state index is -1.57. The van der Waals surface area contributed by atoms with E-state index in [9.17, 15) is 24.6 Å². The number of aliphatic hydroxyl groups excluding tert-OH is 2. The van der Waals surface area contributed by atoms with Gasteiger partial charge >= 0.3 is 17.9 Å². The number of hydrogen-bond acceptors (Lipinski definition) is 10. The highest BCUT2D eigenvalue weighted by Crippen LogP contribution is 2.67. The molecule has 1 aromatic heterocycles. The first-order valence-corrected chi connectivity index (χ1v) is 13.4. The van der Waals surface area contributed by atoms with Gasteiger partial charge in [0.05, 0.1) is 40.3 Å². The molecule has 1 aliphatic heterocycles.